The minimum Gasteiger partial charge on any atom is -0.334 e. The number of nitrogens with zero attached hydrogens (tertiary/aromatic N) is 3. The Kier molecular flexibility index (Phi) is 10.4. The molecule has 0 spiro atoms. The van der Waals surface area contributed by atoms with Crippen molar-refractivity contribution in [2.24, 2.45) is 0 Å². The van der Waals surface area contributed by atoms with Gasteiger partial charge in [0, 0.05) is 61.5 Å². The molecule has 8 aromatic rings. The number of benzene rings is 8. The van der Waals surface area contributed by atoms with Gasteiger partial charge in [0.25, 0.3) is 6.71 Å². The molecular formula is C78H84BN3. The Labute approximate surface area is 491 Å². The van der Waals surface area contributed by atoms with Crippen LogP contribution in [0.25, 0.3) is 11.1 Å². The average molecular weight is 1070 g/mol. The van der Waals surface area contributed by atoms with Crippen LogP contribution in [0.2, 0.25) is 0 Å². The molecule has 0 amide bonds. The molecule has 3 aliphatic heterocycles. The van der Waals surface area contributed by atoms with Gasteiger partial charge in [0.1, 0.15) is 0 Å². The number of aryl methyl sites for hydroxylation is 2. The van der Waals surface area contributed by atoms with E-state index in [-0.39, 0.29) is 50.2 Å². The Hall–Kier alpha value is -6.78. The third-order valence-electron chi connectivity index (χ3n) is 22.9. The molecule has 0 radical (unpaired) electrons. The third-order valence-corrected chi connectivity index (χ3v) is 22.9. The van der Waals surface area contributed by atoms with Crippen molar-refractivity contribution in [2.45, 2.75) is 193 Å². The first-order valence-electron chi connectivity index (χ1n) is 31.1. The van der Waals surface area contributed by atoms with Gasteiger partial charge in [-0.15, -0.1) is 0 Å². The average Bonchev–Trinajstić information content (AvgIpc) is 1.33. The van der Waals surface area contributed by atoms with Crippen molar-refractivity contribution in [1.82, 2.24) is 0 Å². The van der Waals surface area contributed by atoms with Crippen LogP contribution >= 0.6 is 0 Å². The molecule has 4 heteroatoms. The van der Waals surface area contributed by atoms with Gasteiger partial charge >= 0.3 is 0 Å². The van der Waals surface area contributed by atoms with E-state index in [1.54, 1.807) is 0 Å². The number of hydrogen-bond acceptors (Lipinski definition) is 3. The number of fused-ring (bicyclic) bond motifs is 13. The van der Waals surface area contributed by atoms with Crippen molar-refractivity contribution in [3.63, 3.8) is 0 Å². The van der Waals surface area contributed by atoms with Gasteiger partial charge in [-0.3, -0.25) is 0 Å². The first-order chi connectivity index (χ1) is 38.6. The van der Waals surface area contributed by atoms with Gasteiger partial charge in [0.05, 0.1) is 11.2 Å². The summed E-state index contributed by atoms with van der Waals surface area (Å²) in [5, 5.41) is 0. The Morgan fingerprint density at radius 1 is 0.427 bits per heavy atom. The van der Waals surface area contributed by atoms with Gasteiger partial charge in [-0.1, -0.05) is 201 Å². The van der Waals surface area contributed by atoms with Crippen LogP contribution in [0.5, 0.6) is 0 Å². The molecule has 4 aliphatic carbocycles. The van der Waals surface area contributed by atoms with Gasteiger partial charge in [-0.25, -0.2) is 0 Å². The van der Waals surface area contributed by atoms with E-state index in [1.165, 1.54) is 159 Å². The fraction of sp³-hybridized carbons (Fsp3) is 0.385. The van der Waals surface area contributed by atoms with Crippen LogP contribution in [0.4, 0.5) is 45.5 Å². The molecule has 15 rings (SSSR count). The van der Waals surface area contributed by atoms with Crippen LogP contribution in [0, 0.1) is 13.8 Å². The molecule has 0 aromatic heterocycles. The minimum atomic E-state index is -0.223. The lowest BCUT2D eigenvalue weighted by Gasteiger charge is -2.51. The Morgan fingerprint density at radius 3 is 1.70 bits per heavy atom. The van der Waals surface area contributed by atoms with E-state index in [0.717, 1.165) is 12.8 Å². The second-order valence-electron chi connectivity index (χ2n) is 30.9. The van der Waals surface area contributed by atoms with E-state index >= 15 is 0 Å². The summed E-state index contributed by atoms with van der Waals surface area (Å²) in [7, 11) is 0. The van der Waals surface area contributed by atoms with Gasteiger partial charge < -0.3 is 14.7 Å². The normalized spacial score (nSPS) is 22.7. The quantitative estimate of drug-likeness (QED) is 0.163. The van der Waals surface area contributed by atoms with Crippen LogP contribution in [-0.2, 0) is 37.9 Å². The summed E-state index contributed by atoms with van der Waals surface area (Å²) in [6.07, 6.45) is 5.95. The molecule has 1 saturated carbocycles. The van der Waals surface area contributed by atoms with Crippen molar-refractivity contribution >= 4 is 68.6 Å². The summed E-state index contributed by atoms with van der Waals surface area (Å²) in [4.78, 5) is 8.35. The first-order valence-corrected chi connectivity index (χ1v) is 31.1. The molecule has 7 aliphatic rings. The summed E-state index contributed by atoms with van der Waals surface area (Å²) >= 11 is 0. The second-order valence-corrected chi connectivity index (χ2v) is 30.9. The Morgan fingerprint density at radius 2 is 1.01 bits per heavy atom. The summed E-state index contributed by atoms with van der Waals surface area (Å²) in [6, 6.07) is 56.7. The monoisotopic (exact) mass is 1070 g/mol. The highest BCUT2D eigenvalue weighted by molar-refractivity contribution is 7.00. The number of rotatable bonds is 3. The van der Waals surface area contributed by atoms with Crippen LogP contribution in [0.1, 0.15) is 203 Å². The standard InChI is InChI=1S/C78H84BN3/c1-46-37-67-70-68(38-46)81(64-44-58-57(39-47(64)2)74(10,11)53-28-20-21-29-54(53)75(58,12)13)65-41-49(82-62-34-31-48(71(3,4)5)40-59(62)77(16)35-22-23-36-78(77,82)17)32-33-60(65)79(70)61-42-55-56(73(8,9)45-72(55,6)7)43-66(61)80(67)63-30-24-26-51-50-25-18-19-27-52(50)76(14,15)69(51)63/h18-21,24-34,37-44H,22-23,35-36,45H2,1-17H3. The molecule has 0 saturated heterocycles. The van der Waals surface area contributed by atoms with E-state index in [2.05, 4.69) is 272 Å². The smallest absolute Gasteiger partial charge is 0.252 e. The fourth-order valence-corrected chi connectivity index (χ4v) is 18.7. The van der Waals surface area contributed by atoms with Gasteiger partial charge in [-0.05, 0) is 199 Å². The molecule has 414 valence electrons. The van der Waals surface area contributed by atoms with E-state index in [9.17, 15) is 0 Å². The molecule has 1 fully saturated rings. The van der Waals surface area contributed by atoms with Crippen molar-refractivity contribution in [2.75, 3.05) is 14.7 Å². The second kappa shape index (κ2) is 16.3. The highest BCUT2D eigenvalue weighted by Crippen LogP contribution is 2.63. The van der Waals surface area contributed by atoms with Crippen LogP contribution in [-0.4, -0.2) is 12.3 Å². The highest BCUT2D eigenvalue weighted by atomic mass is 15.3. The molecule has 3 heterocycles. The third kappa shape index (κ3) is 6.56. The number of hydrogen-bond donors (Lipinski definition) is 0. The zero-order valence-electron chi connectivity index (χ0n) is 52.2. The van der Waals surface area contributed by atoms with Gasteiger partial charge in [0.2, 0.25) is 0 Å². The predicted octanol–water partition coefficient (Wildman–Crippen LogP) is 18.7. The van der Waals surface area contributed by atoms with Gasteiger partial charge in [0.15, 0.2) is 0 Å². The summed E-state index contributed by atoms with van der Waals surface area (Å²) in [5.74, 6) is 0. The molecule has 0 N–H and O–H groups in total. The maximum Gasteiger partial charge on any atom is 0.252 e. The maximum atomic E-state index is 2.83. The van der Waals surface area contributed by atoms with Crippen LogP contribution in [0.3, 0.4) is 0 Å². The summed E-state index contributed by atoms with van der Waals surface area (Å²) in [6.45, 7) is 41.8. The summed E-state index contributed by atoms with van der Waals surface area (Å²) in [5.41, 5.74) is 33.7. The lowest BCUT2D eigenvalue weighted by atomic mass is 9.33. The molecule has 2 unspecified atom stereocenters. The largest absolute Gasteiger partial charge is 0.334 e. The SMILES string of the molecule is Cc1cc2c3c(c1)N(c1cccc4c1C(C)(C)c1ccccc1-4)c1cc4c(cc1B3c1ccc(N3c5ccc(C(C)(C)C)cc5C5(C)CCCCC35C)cc1N2c1cc2c(cc1C)C(C)(C)c1ccccc1C2(C)C)C(C)(C)CC4(C)C. The predicted molar refractivity (Wildman–Crippen MR) is 350 cm³/mol. The van der Waals surface area contributed by atoms with E-state index in [0.29, 0.717) is 0 Å². The maximum absolute atomic E-state index is 2.83. The zero-order valence-corrected chi connectivity index (χ0v) is 52.2. The van der Waals surface area contributed by atoms with E-state index in [4.69, 9.17) is 0 Å². The zero-order chi connectivity index (χ0) is 57.5. The fourth-order valence-electron chi connectivity index (χ4n) is 18.7. The topological polar surface area (TPSA) is 9.72 Å². The van der Waals surface area contributed by atoms with Crippen LogP contribution in [0.15, 0.2) is 140 Å². The molecule has 3 nitrogen and oxygen atoms in total. The molecule has 82 heavy (non-hydrogen) atoms. The Balaban J connectivity index is 1.04. The molecule has 8 aromatic carbocycles. The molecule has 2 atom stereocenters. The molecule has 0 bridgehead atoms. The lowest BCUT2D eigenvalue weighted by molar-refractivity contribution is 0.195. The number of anilines is 8. The van der Waals surface area contributed by atoms with Crippen molar-refractivity contribution in [1.29, 1.82) is 0 Å². The van der Waals surface area contributed by atoms with Crippen molar-refractivity contribution < 1.29 is 0 Å². The first kappa shape index (κ1) is 52.1. The highest BCUT2D eigenvalue weighted by Gasteiger charge is 2.59. The lowest BCUT2D eigenvalue weighted by Crippen LogP contribution is -2.62. The van der Waals surface area contributed by atoms with Crippen molar-refractivity contribution in [3.8, 4) is 11.1 Å². The van der Waals surface area contributed by atoms with Crippen molar-refractivity contribution in [3.05, 3.63) is 206 Å². The van der Waals surface area contributed by atoms with Crippen LogP contribution < -0.4 is 31.1 Å². The van der Waals surface area contributed by atoms with Gasteiger partial charge in [-0.2, -0.15) is 0 Å². The summed E-state index contributed by atoms with van der Waals surface area (Å²) < 4.78 is 0. The van der Waals surface area contributed by atoms with E-state index < -0.39 is 0 Å². The van der Waals surface area contributed by atoms with E-state index in [1.807, 2.05) is 0 Å². The Bertz CT molecular complexity index is 4140. The molecular weight excluding hydrogens is 990 g/mol. The minimum absolute atomic E-state index is 0.0000807.